The van der Waals surface area contributed by atoms with E-state index >= 15 is 0 Å². The number of hydrogen-bond acceptors (Lipinski definition) is 4. The third-order valence-electron chi connectivity index (χ3n) is 4.80. The predicted molar refractivity (Wildman–Crippen MR) is 112 cm³/mol. The van der Waals surface area contributed by atoms with Gasteiger partial charge in [0.05, 0.1) is 18.8 Å². The van der Waals surface area contributed by atoms with Gasteiger partial charge < -0.3 is 24.8 Å². The largest absolute Gasteiger partial charge is 0.508 e. The Bertz CT molecular complexity index is 803. The standard InChI is InChI=1S/C23H30N2O4/c1-17(2)29-20-9-5-7-18(13-20)14-24-23(27)25(16-21-10-6-12-28-21)15-19-8-3-4-11-22(19)26/h3-5,7-9,11,13,17,21,26H,6,10,12,14-16H2,1-2H3,(H,24,27). The molecular formula is C23H30N2O4. The number of phenolic OH excluding ortho intramolecular Hbond substituents is 1. The maximum atomic E-state index is 12.9. The summed E-state index contributed by atoms with van der Waals surface area (Å²) in [5.74, 6) is 0.980. The third kappa shape index (κ3) is 6.39. The van der Waals surface area contributed by atoms with Gasteiger partial charge in [-0.25, -0.2) is 4.79 Å². The van der Waals surface area contributed by atoms with Gasteiger partial charge in [0.1, 0.15) is 11.5 Å². The first-order chi connectivity index (χ1) is 14.0. The fraction of sp³-hybridized carbons (Fsp3) is 0.435. The Labute approximate surface area is 172 Å². The number of phenols is 1. The average molecular weight is 399 g/mol. The number of rotatable bonds is 8. The molecule has 1 atom stereocenters. The van der Waals surface area contributed by atoms with E-state index in [1.807, 2.05) is 50.2 Å². The smallest absolute Gasteiger partial charge is 0.318 e. The van der Waals surface area contributed by atoms with E-state index in [1.165, 1.54) is 0 Å². The van der Waals surface area contributed by atoms with Crippen LogP contribution >= 0.6 is 0 Å². The Morgan fingerprint density at radius 2 is 2.10 bits per heavy atom. The molecule has 6 heteroatoms. The molecule has 2 aromatic rings. The first-order valence-electron chi connectivity index (χ1n) is 10.2. The van der Waals surface area contributed by atoms with Crippen molar-refractivity contribution >= 4 is 6.03 Å². The Morgan fingerprint density at radius 1 is 1.28 bits per heavy atom. The Morgan fingerprint density at radius 3 is 2.83 bits per heavy atom. The van der Waals surface area contributed by atoms with Crippen LogP contribution in [0.15, 0.2) is 48.5 Å². The molecule has 0 aromatic heterocycles. The SMILES string of the molecule is CC(C)Oc1cccc(CNC(=O)N(Cc2ccccc2O)CC2CCCO2)c1. The first kappa shape index (κ1) is 21.0. The molecule has 2 N–H and O–H groups in total. The Balaban J connectivity index is 1.65. The van der Waals surface area contributed by atoms with Gasteiger partial charge in [-0.1, -0.05) is 30.3 Å². The highest BCUT2D eigenvalue weighted by Gasteiger charge is 2.23. The number of hydrogen-bond donors (Lipinski definition) is 2. The van der Waals surface area contributed by atoms with Crippen LogP contribution in [0.25, 0.3) is 0 Å². The number of aromatic hydroxyl groups is 1. The number of benzene rings is 2. The lowest BCUT2D eigenvalue weighted by molar-refractivity contribution is 0.0792. The molecule has 1 fully saturated rings. The second kappa shape index (κ2) is 10.2. The molecule has 156 valence electrons. The molecule has 0 saturated carbocycles. The van der Waals surface area contributed by atoms with Gasteiger partial charge in [0, 0.05) is 25.3 Å². The van der Waals surface area contributed by atoms with Crippen molar-refractivity contribution in [2.24, 2.45) is 0 Å². The summed E-state index contributed by atoms with van der Waals surface area (Å²) in [6.45, 7) is 5.93. The summed E-state index contributed by atoms with van der Waals surface area (Å²) in [7, 11) is 0. The van der Waals surface area contributed by atoms with Crippen LogP contribution in [0.5, 0.6) is 11.5 Å². The number of nitrogens with zero attached hydrogens (tertiary/aromatic N) is 1. The zero-order chi connectivity index (χ0) is 20.6. The average Bonchev–Trinajstić information content (AvgIpc) is 3.20. The van der Waals surface area contributed by atoms with Crippen LogP contribution in [0.3, 0.4) is 0 Å². The van der Waals surface area contributed by atoms with Crippen LogP contribution in [-0.2, 0) is 17.8 Å². The van der Waals surface area contributed by atoms with Crippen molar-refractivity contribution in [1.29, 1.82) is 0 Å². The molecule has 0 aliphatic carbocycles. The molecule has 1 unspecified atom stereocenters. The molecule has 29 heavy (non-hydrogen) atoms. The van der Waals surface area contributed by atoms with Crippen LogP contribution < -0.4 is 10.1 Å². The zero-order valence-corrected chi connectivity index (χ0v) is 17.1. The zero-order valence-electron chi connectivity index (χ0n) is 17.1. The number of carbonyl (C=O) groups excluding carboxylic acids is 1. The minimum Gasteiger partial charge on any atom is -0.508 e. The fourth-order valence-corrected chi connectivity index (χ4v) is 3.39. The molecule has 1 saturated heterocycles. The van der Waals surface area contributed by atoms with E-state index in [1.54, 1.807) is 17.0 Å². The second-order valence-corrected chi connectivity index (χ2v) is 7.62. The van der Waals surface area contributed by atoms with Crippen molar-refractivity contribution < 1.29 is 19.4 Å². The van der Waals surface area contributed by atoms with Crippen LogP contribution in [0, 0.1) is 0 Å². The van der Waals surface area contributed by atoms with Gasteiger partial charge in [-0.05, 0) is 50.5 Å². The molecule has 2 amide bonds. The number of urea groups is 1. The van der Waals surface area contributed by atoms with Crippen molar-refractivity contribution in [1.82, 2.24) is 10.2 Å². The molecule has 0 spiro atoms. The summed E-state index contributed by atoms with van der Waals surface area (Å²) >= 11 is 0. The molecule has 0 radical (unpaired) electrons. The fourth-order valence-electron chi connectivity index (χ4n) is 3.39. The topological polar surface area (TPSA) is 71.0 Å². The van der Waals surface area contributed by atoms with Gasteiger partial charge in [0.25, 0.3) is 0 Å². The van der Waals surface area contributed by atoms with Crippen LogP contribution in [-0.4, -0.2) is 41.4 Å². The van der Waals surface area contributed by atoms with E-state index in [9.17, 15) is 9.90 Å². The van der Waals surface area contributed by atoms with E-state index < -0.39 is 0 Å². The number of nitrogens with one attached hydrogen (secondary N) is 1. The molecule has 0 bridgehead atoms. The maximum Gasteiger partial charge on any atom is 0.318 e. The highest BCUT2D eigenvalue weighted by molar-refractivity contribution is 5.74. The Kier molecular flexibility index (Phi) is 7.36. The normalized spacial score (nSPS) is 16.0. The molecule has 6 nitrogen and oxygen atoms in total. The van der Waals surface area contributed by atoms with Gasteiger partial charge in [-0.2, -0.15) is 0 Å². The quantitative estimate of drug-likeness (QED) is 0.703. The minimum absolute atomic E-state index is 0.0365. The molecule has 1 aliphatic rings. The number of para-hydroxylation sites is 1. The summed E-state index contributed by atoms with van der Waals surface area (Å²) in [6, 6.07) is 14.6. The molecule has 2 aromatic carbocycles. The highest BCUT2D eigenvalue weighted by Crippen LogP contribution is 2.20. The summed E-state index contributed by atoms with van der Waals surface area (Å²) in [5, 5.41) is 13.1. The second-order valence-electron chi connectivity index (χ2n) is 7.62. The van der Waals surface area contributed by atoms with E-state index in [0.29, 0.717) is 25.2 Å². The van der Waals surface area contributed by atoms with Crippen molar-refractivity contribution in [2.45, 2.75) is 52.0 Å². The van der Waals surface area contributed by atoms with Crippen molar-refractivity contribution in [3.8, 4) is 11.5 Å². The molecule has 1 heterocycles. The Hall–Kier alpha value is -2.73. The number of ether oxygens (including phenoxy) is 2. The number of amides is 2. The lowest BCUT2D eigenvalue weighted by atomic mass is 10.1. The minimum atomic E-state index is -0.182. The summed E-state index contributed by atoms with van der Waals surface area (Å²) in [5.41, 5.74) is 1.68. The summed E-state index contributed by atoms with van der Waals surface area (Å²) in [4.78, 5) is 14.6. The summed E-state index contributed by atoms with van der Waals surface area (Å²) < 4.78 is 11.4. The highest BCUT2D eigenvalue weighted by atomic mass is 16.5. The lowest BCUT2D eigenvalue weighted by Gasteiger charge is -2.26. The van der Waals surface area contributed by atoms with Crippen LogP contribution in [0.1, 0.15) is 37.8 Å². The number of carbonyl (C=O) groups is 1. The summed E-state index contributed by atoms with van der Waals surface area (Å²) in [6.07, 6.45) is 2.09. The van der Waals surface area contributed by atoms with E-state index in [-0.39, 0.29) is 24.0 Å². The van der Waals surface area contributed by atoms with Gasteiger partial charge in [-0.15, -0.1) is 0 Å². The third-order valence-corrected chi connectivity index (χ3v) is 4.80. The van der Waals surface area contributed by atoms with Gasteiger partial charge in [0.2, 0.25) is 0 Å². The lowest BCUT2D eigenvalue weighted by Crippen LogP contribution is -2.43. The predicted octanol–water partition coefficient (Wildman–Crippen LogP) is 4.07. The van der Waals surface area contributed by atoms with Crippen molar-refractivity contribution in [2.75, 3.05) is 13.2 Å². The van der Waals surface area contributed by atoms with E-state index in [4.69, 9.17) is 9.47 Å². The van der Waals surface area contributed by atoms with Gasteiger partial charge in [-0.3, -0.25) is 0 Å². The maximum absolute atomic E-state index is 12.9. The van der Waals surface area contributed by atoms with Gasteiger partial charge in [0.15, 0.2) is 0 Å². The molecule has 3 rings (SSSR count). The van der Waals surface area contributed by atoms with E-state index in [0.717, 1.165) is 30.8 Å². The molecule has 1 aliphatic heterocycles. The van der Waals surface area contributed by atoms with Crippen LogP contribution in [0.2, 0.25) is 0 Å². The van der Waals surface area contributed by atoms with E-state index in [2.05, 4.69) is 5.32 Å². The monoisotopic (exact) mass is 398 g/mol. The van der Waals surface area contributed by atoms with Crippen molar-refractivity contribution in [3.05, 3.63) is 59.7 Å². The van der Waals surface area contributed by atoms with Gasteiger partial charge >= 0.3 is 6.03 Å². The molecular weight excluding hydrogens is 368 g/mol. The first-order valence-corrected chi connectivity index (χ1v) is 10.2. The van der Waals surface area contributed by atoms with Crippen LogP contribution in [0.4, 0.5) is 4.79 Å². The van der Waals surface area contributed by atoms with Crippen molar-refractivity contribution in [3.63, 3.8) is 0 Å².